The number of amides is 5. The van der Waals surface area contributed by atoms with E-state index in [4.69, 9.17) is 28.9 Å². The molecule has 41 heavy (non-hydrogen) atoms. The van der Waals surface area contributed by atoms with Crippen LogP contribution in [-0.2, 0) is 28.7 Å². The molecule has 5 amide bonds. The third-order valence-electron chi connectivity index (χ3n) is 8.14. The number of hydrogen-bond donors (Lipinski definition) is 5. The molecule has 2 saturated carbocycles. The molecule has 6 N–H and O–H groups in total. The van der Waals surface area contributed by atoms with Gasteiger partial charge in [-0.25, -0.2) is 9.59 Å². The number of ketones is 1. The van der Waals surface area contributed by atoms with Gasteiger partial charge in [-0.1, -0.05) is 27.2 Å². The van der Waals surface area contributed by atoms with Gasteiger partial charge >= 0.3 is 12.0 Å². The van der Waals surface area contributed by atoms with E-state index in [2.05, 4.69) is 20.7 Å². The first-order valence-electron chi connectivity index (χ1n) is 13.4. The first-order valence-corrected chi connectivity index (χ1v) is 14.2. The van der Waals surface area contributed by atoms with Gasteiger partial charge in [0.2, 0.25) is 17.6 Å². The van der Waals surface area contributed by atoms with Gasteiger partial charge in [0.05, 0.1) is 12.7 Å². The molecule has 1 unspecified atom stereocenters. The van der Waals surface area contributed by atoms with Crippen LogP contribution < -0.4 is 21.7 Å². The van der Waals surface area contributed by atoms with Gasteiger partial charge < -0.3 is 36.4 Å². The summed E-state index contributed by atoms with van der Waals surface area (Å²) >= 11 is 12.8. The van der Waals surface area contributed by atoms with E-state index < -0.39 is 86.9 Å². The Labute approximate surface area is 248 Å². The van der Waals surface area contributed by atoms with Crippen molar-refractivity contribution >= 4 is 58.7 Å². The third kappa shape index (κ3) is 6.72. The Kier molecular flexibility index (Phi) is 9.27. The van der Waals surface area contributed by atoms with Crippen molar-refractivity contribution in [1.29, 1.82) is 0 Å². The van der Waals surface area contributed by atoms with Gasteiger partial charge in [0.15, 0.2) is 6.04 Å². The van der Waals surface area contributed by atoms with Gasteiger partial charge in [0.25, 0.3) is 5.91 Å². The van der Waals surface area contributed by atoms with Gasteiger partial charge in [0.1, 0.15) is 22.5 Å². The summed E-state index contributed by atoms with van der Waals surface area (Å²) in [5, 5.41) is 17.9. The van der Waals surface area contributed by atoms with Crippen LogP contribution in [0.3, 0.4) is 0 Å². The minimum absolute atomic E-state index is 0.0107. The lowest BCUT2D eigenvalue weighted by Crippen LogP contribution is -2.64. The van der Waals surface area contributed by atoms with Crippen LogP contribution in [-0.4, -0.2) is 93.3 Å². The Morgan fingerprint density at radius 3 is 2.00 bits per heavy atom. The molecule has 2 aliphatic carbocycles. The summed E-state index contributed by atoms with van der Waals surface area (Å²) in [6.45, 7) is 7.72. The molecule has 0 bridgehead atoms. The Balaban J connectivity index is 1.85. The Morgan fingerprint density at radius 2 is 1.56 bits per heavy atom. The number of likely N-dealkylation sites (tertiary alicyclic amines) is 1. The SMILES string of the molecule is COC(=O)[C@@H](NC(=O)N[C@H](C(=O)N1C[C@H]2[C@@H]([C@H]1C(=O)NC(C(=O)C(N)=O)C1CCC1)C2(Cl)Cl)C(C)(C)C)C(C)(C)O. The predicted octanol–water partition coefficient (Wildman–Crippen LogP) is -0.0172. The fourth-order valence-electron chi connectivity index (χ4n) is 5.46. The normalized spacial score (nSPS) is 25.5. The lowest BCUT2D eigenvalue weighted by Gasteiger charge is -2.38. The molecular weight excluding hydrogens is 581 g/mol. The van der Waals surface area contributed by atoms with Crippen LogP contribution in [0.5, 0.6) is 0 Å². The first-order chi connectivity index (χ1) is 18.7. The second-order valence-electron chi connectivity index (χ2n) is 12.7. The number of carbonyl (C=O) groups excluding carboxylic acids is 6. The highest BCUT2D eigenvalue weighted by atomic mass is 35.5. The summed E-state index contributed by atoms with van der Waals surface area (Å²) in [6.07, 6.45) is 2.08. The van der Waals surface area contributed by atoms with Crippen LogP contribution in [0.15, 0.2) is 0 Å². The molecule has 15 heteroatoms. The fourth-order valence-corrected chi connectivity index (χ4v) is 6.28. The van der Waals surface area contributed by atoms with Gasteiger partial charge in [0, 0.05) is 18.4 Å². The Morgan fingerprint density at radius 1 is 1.00 bits per heavy atom. The van der Waals surface area contributed by atoms with Crippen molar-refractivity contribution in [2.75, 3.05) is 13.7 Å². The smallest absolute Gasteiger partial charge is 0.331 e. The molecule has 1 heterocycles. The minimum atomic E-state index is -1.69. The highest BCUT2D eigenvalue weighted by molar-refractivity contribution is 6.51. The lowest BCUT2D eigenvalue weighted by molar-refractivity contribution is -0.148. The van der Waals surface area contributed by atoms with Gasteiger partial charge in [-0.05, 0) is 38.0 Å². The van der Waals surface area contributed by atoms with E-state index in [1.54, 1.807) is 20.8 Å². The fraction of sp³-hybridized carbons (Fsp3) is 0.769. The summed E-state index contributed by atoms with van der Waals surface area (Å²) in [7, 11) is 1.10. The number of methoxy groups -OCH3 is 1. The molecule has 3 rings (SSSR count). The van der Waals surface area contributed by atoms with Crippen molar-refractivity contribution in [2.24, 2.45) is 28.9 Å². The lowest BCUT2D eigenvalue weighted by atomic mass is 9.78. The Bertz CT molecular complexity index is 1110. The molecule has 0 spiro atoms. The number of primary amides is 1. The number of carbonyl (C=O) groups is 6. The molecule has 1 aliphatic heterocycles. The number of hydrogen-bond acceptors (Lipinski definition) is 8. The molecule has 230 valence electrons. The molecule has 1 saturated heterocycles. The molecular formula is C26H39Cl2N5O8. The number of piperidine rings is 1. The van der Waals surface area contributed by atoms with Crippen molar-refractivity contribution < 1.29 is 38.6 Å². The number of fused-ring (bicyclic) bond motifs is 1. The zero-order valence-electron chi connectivity index (χ0n) is 24.0. The maximum absolute atomic E-state index is 14.0. The zero-order valence-corrected chi connectivity index (χ0v) is 25.5. The number of aliphatic hydroxyl groups is 1. The van der Waals surface area contributed by atoms with E-state index in [9.17, 15) is 33.9 Å². The highest BCUT2D eigenvalue weighted by Gasteiger charge is 2.74. The van der Waals surface area contributed by atoms with Crippen molar-refractivity contribution in [2.45, 2.75) is 88.0 Å². The van der Waals surface area contributed by atoms with Crippen molar-refractivity contribution in [3.63, 3.8) is 0 Å². The number of Topliss-reactive ketones (excluding diaryl/α,β-unsaturated/α-hetero) is 1. The number of rotatable bonds is 10. The summed E-state index contributed by atoms with van der Waals surface area (Å²) in [6, 6.07) is -5.89. The average molecular weight is 621 g/mol. The van der Waals surface area contributed by atoms with E-state index in [1.165, 1.54) is 18.7 Å². The number of urea groups is 1. The van der Waals surface area contributed by atoms with Gasteiger partial charge in [-0.3, -0.25) is 19.2 Å². The van der Waals surface area contributed by atoms with E-state index in [1.807, 2.05) is 0 Å². The van der Waals surface area contributed by atoms with Crippen LogP contribution in [0.2, 0.25) is 0 Å². The second kappa shape index (κ2) is 11.6. The topological polar surface area (TPSA) is 197 Å². The van der Waals surface area contributed by atoms with Crippen molar-refractivity contribution in [3.8, 4) is 0 Å². The van der Waals surface area contributed by atoms with Crippen LogP contribution >= 0.6 is 23.2 Å². The van der Waals surface area contributed by atoms with Crippen molar-refractivity contribution in [3.05, 3.63) is 0 Å². The van der Waals surface area contributed by atoms with Crippen LogP contribution in [0.1, 0.15) is 53.9 Å². The summed E-state index contributed by atoms with van der Waals surface area (Å²) in [5.41, 5.74) is 2.65. The Hall–Kier alpha value is -2.64. The highest BCUT2D eigenvalue weighted by Crippen LogP contribution is 2.65. The minimum Gasteiger partial charge on any atom is -0.467 e. The average Bonchev–Trinajstić information content (AvgIpc) is 3.14. The number of nitrogens with one attached hydrogen (secondary N) is 3. The largest absolute Gasteiger partial charge is 0.467 e. The number of esters is 1. The van der Waals surface area contributed by atoms with Gasteiger partial charge in [-0.2, -0.15) is 0 Å². The molecule has 0 aromatic heterocycles. The molecule has 13 nitrogen and oxygen atoms in total. The molecule has 0 radical (unpaired) electrons. The van der Waals surface area contributed by atoms with Crippen LogP contribution in [0, 0.1) is 23.2 Å². The van der Waals surface area contributed by atoms with Crippen LogP contribution in [0.4, 0.5) is 4.79 Å². The summed E-state index contributed by atoms with van der Waals surface area (Å²) in [5.74, 6) is -5.66. The zero-order chi connectivity index (χ0) is 31.2. The van der Waals surface area contributed by atoms with E-state index in [-0.39, 0.29) is 12.5 Å². The monoisotopic (exact) mass is 619 g/mol. The summed E-state index contributed by atoms with van der Waals surface area (Å²) in [4.78, 5) is 78.2. The summed E-state index contributed by atoms with van der Waals surface area (Å²) < 4.78 is 3.39. The van der Waals surface area contributed by atoms with Gasteiger partial charge in [-0.15, -0.1) is 23.2 Å². The van der Waals surface area contributed by atoms with E-state index in [0.29, 0.717) is 12.8 Å². The third-order valence-corrected chi connectivity index (χ3v) is 9.20. The molecule has 3 aliphatic rings. The molecule has 0 aromatic rings. The standard InChI is InChI=1S/C26H39Cl2N5O8/c1-24(2,3)17(31-23(39)32-18(22(38)41-6)25(4,5)40)21(37)33-10-12-13(26(12,27)28)15(33)20(36)30-14(11-8-7-9-11)16(34)19(29)35/h11-15,17-18,40H,7-10H2,1-6H3,(H2,29,35)(H,30,36)(H2,31,32,39)/t12-,13-,14?,15-,17+,18+/m0/s1. The molecule has 0 aromatic carbocycles. The van der Waals surface area contributed by atoms with E-state index >= 15 is 0 Å². The number of alkyl halides is 2. The second-order valence-corrected chi connectivity index (χ2v) is 14.1. The predicted molar refractivity (Wildman–Crippen MR) is 147 cm³/mol. The molecule has 6 atom stereocenters. The van der Waals surface area contributed by atoms with E-state index in [0.717, 1.165) is 13.5 Å². The van der Waals surface area contributed by atoms with Crippen molar-refractivity contribution in [1.82, 2.24) is 20.9 Å². The number of halogens is 2. The number of nitrogens with two attached hydrogens (primary N) is 1. The maximum atomic E-state index is 14.0. The quantitative estimate of drug-likeness (QED) is 0.128. The van der Waals surface area contributed by atoms with Crippen LogP contribution in [0.25, 0.3) is 0 Å². The number of nitrogens with zero attached hydrogens (tertiary/aromatic N) is 1. The first kappa shape index (κ1) is 32.9. The maximum Gasteiger partial charge on any atom is 0.331 e. The molecule has 3 fully saturated rings. The number of ether oxygens (including phenoxy) is 1.